The molecule has 1 aromatic carbocycles. The third-order valence-corrected chi connectivity index (χ3v) is 3.10. The van der Waals surface area contributed by atoms with Crippen molar-refractivity contribution in [2.75, 3.05) is 19.8 Å². The molecule has 0 aromatic heterocycles. The minimum Gasteiger partial charge on any atom is -0.376 e. The molecule has 1 aromatic rings. The highest BCUT2D eigenvalue weighted by atomic mass is 16.5. The van der Waals surface area contributed by atoms with E-state index in [1.54, 1.807) is 0 Å². The molecule has 0 aliphatic carbocycles. The first-order valence-electron chi connectivity index (χ1n) is 7.52. The molecule has 0 heterocycles. The lowest BCUT2D eigenvalue weighted by molar-refractivity contribution is -0.0137. The van der Waals surface area contributed by atoms with E-state index in [0.717, 1.165) is 6.54 Å². The van der Waals surface area contributed by atoms with Crippen molar-refractivity contribution in [3.8, 4) is 0 Å². The van der Waals surface area contributed by atoms with Crippen LogP contribution in [0.25, 0.3) is 0 Å². The second-order valence-corrected chi connectivity index (χ2v) is 5.70. The van der Waals surface area contributed by atoms with Gasteiger partial charge in [0.15, 0.2) is 0 Å². The summed E-state index contributed by atoms with van der Waals surface area (Å²) in [5.41, 5.74) is 2.53. The van der Waals surface area contributed by atoms with Gasteiger partial charge in [-0.3, -0.25) is 0 Å². The molecule has 0 spiro atoms. The van der Waals surface area contributed by atoms with Crippen LogP contribution in [0.15, 0.2) is 24.3 Å². The fourth-order valence-electron chi connectivity index (χ4n) is 2.02. The third-order valence-electron chi connectivity index (χ3n) is 3.10. The van der Waals surface area contributed by atoms with Crippen molar-refractivity contribution in [1.29, 1.82) is 0 Å². The van der Waals surface area contributed by atoms with Crippen LogP contribution in [0.3, 0.4) is 0 Å². The maximum Gasteiger partial charge on any atom is 0.0953 e. The highest BCUT2D eigenvalue weighted by Gasteiger charge is 2.14. The largest absolute Gasteiger partial charge is 0.376 e. The van der Waals surface area contributed by atoms with E-state index in [1.807, 2.05) is 13.8 Å². The molecule has 0 radical (unpaired) electrons. The summed E-state index contributed by atoms with van der Waals surface area (Å²) < 4.78 is 11.6. The predicted octanol–water partition coefficient (Wildman–Crippen LogP) is 3.48. The Morgan fingerprint density at radius 3 is 2.25 bits per heavy atom. The highest BCUT2D eigenvalue weighted by Crippen LogP contribution is 2.20. The quantitative estimate of drug-likeness (QED) is 0.702. The summed E-state index contributed by atoms with van der Waals surface area (Å²) in [7, 11) is 0. The first-order valence-corrected chi connectivity index (χ1v) is 7.52. The van der Waals surface area contributed by atoms with Crippen molar-refractivity contribution in [3.05, 3.63) is 35.4 Å². The zero-order valence-electron chi connectivity index (χ0n) is 13.5. The van der Waals surface area contributed by atoms with Gasteiger partial charge in [0, 0.05) is 12.6 Å². The molecular formula is C17H29NO2. The number of ether oxygens (including phenoxy) is 2. The number of benzene rings is 1. The Balaban J connectivity index is 2.58. The van der Waals surface area contributed by atoms with Crippen molar-refractivity contribution < 1.29 is 9.47 Å². The van der Waals surface area contributed by atoms with Gasteiger partial charge in [-0.05, 0) is 31.9 Å². The first-order chi connectivity index (χ1) is 9.50. The van der Waals surface area contributed by atoms with Gasteiger partial charge in [-0.15, -0.1) is 0 Å². The molecule has 0 saturated heterocycles. The van der Waals surface area contributed by atoms with Crippen LogP contribution in [0.2, 0.25) is 0 Å². The maximum absolute atomic E-state index is 6.02. The van der Waals surface area contributed by atoms with E-state index in [1.165, 1.54) is 11.1 Å². The van der Waals surface area contributed by atoms with Crippen LogP contribution in [0.1, 0.15) is 44.9 Å². The molecule has 0 aliphatic rings. The fourth-order valence-corrected chi connectivity index (χ4v) is 2.02. The number of hydrogen-bond acceptors (Lipinski definition) is 3. The van der Waals surface area contributed by atoms with Gasteiger partial charge in [-0.25, -0.2) is 0 Å². The molecule has 0 amide bonds. The average molecular weight is 279 g/mol. The van der Waals surface area contributed by atoms with E-state index in [0.29, 0.717) is 19.3 Å². The van der Waals surface area contributed by atoms with E-state index in [4.69, 9.17) is 9.47 Å². The van der Waals surface area contributed by atoms with Crippen molar-refractivity contribution in [3.63, 3.8) is 0 Å². The first kappa shape index (κ1) is 17.2. The Kier molecular flexibility index (Phi) is 7.82. The zero-order valence-corrected chi connectivity index (χ0v) is 13.5. The Hall–Kier alpha value is -0.900. The van der Waals surface area contributed by atoms with Crippen LogP contribution in [-0.2, 0) is 9.47 Å². The number of hydrogen-bond donors (Lipinski definition) is 1. The Bertz CT molecular complexity index is 377. The van der Waals surface area contributed by atoms with Gasteiger partial charge in [0.2, 0.25) is 0 Å². The van der Waals surface area contributed by atoms with Crippen LogP contribution in [0.5, 0.6) is 0 Å². The van der Waals surface area contributed by atoms with Gasteiger partial charge in [-0.1, -0.05) is 38.1 Å². The summed E-state index contributed by atoms with van der Waals surface area (Å²) in [6, 6.07) is 8.86. The molecule has 0 saturated carbocycles. The van der Waals surface area contributed by atoms with Crippen LogP contribution in [0, 0.1) is 6.92 Å². The molecule has 1 rings (SSSR count). The molecule has 0 fully saturated rings. The number of aryl methyl sites for hydroxylation is 1. The maximum atomic E-state index is 6.02. The van der Waals surface area contributed by atoms with Crippen molar-refractivity contribution in [2.24, 2.45) is 0 Å². The van der Waals surface area contributed by atoms with Crippen LogP contribution >= 0.6 is 0 Å². The molecule has 0 bridgehead atoms. The molecule has 3 nitrogen and oxygen atoms in total. The normalized spacial score (nSPS) is 13.2. The average Bonchev–Trinajstić information content (AvgIpc) is 2.38. The standard InChI is InChI=1S/C17H29NO2/c1-13(2)18-12-17(20-11-10-19-14(3)4)16-9-7-6-8-15(16)5/h6-9,13-14,17-18H,10-12H2,1-5H3. The molecule has 3 heteroatoms. The van der Waals surface area contributed by atoms with Crippen molar-refractivity contribution >= 4 is 0 Å². The summed E-state index contributed by atoms with van der Waals surface area (Å²) in [6.45, 7) is 12.6. The molecule has 1 unspecified atom stereocenters. The highest BCUT2D eigenvalue weighted by molar-refractivity contribution is 5.28. The van der Waals surface area contributed by atoms with E-state index in [2.05, 4.69) is 50.4 Å². The predicted molar refractivity (Wildman–Crippen MR) is 84.1 cm³/mol. The van der Waals surface area contributed by atoms with Gasteiger partial charge in [0.25, 0.3) is 0 Å². The molecule has 20 heavy (non-hydrogen) atoms. The molecule has 1 atom stereocenters. The second kappa shape index (κ2) is 9.11. The van der Waals surface area contributed by atoms with Crippen LogP contribution in [-0.4, -0.2) is 31.9 Å². The second-order valence-electron chi connectivity index (χ2n) is 5.70. The molecular weight excluding hydrogens is 250 g/mol. The minimum absolute atomic E-state index is 0.0781. The van der Waals surface area contributed by atoms with Crippen LogP contribution in [0.4, 0.5) is 0 Å². The lowest BCUT2D eigenvalue weighted by atomic mass is 10.0. The summed E-state index contributed by atoms with van der Waals surface area (Å²) >= 11 is 0. The van der Waals surface area contributed by atoms with Gasteiger partial charge >= 0.3 is 0 Å². The summed E-state index contributed by atoms with van der Waals surface area (Å²) in [5, 5.41) is 3.46. The lowest BCUT2D eigenvalue weighted by Crippen LogP contribution is -2.30. The summed E-state index contributed by atoms with van der Waals surface area (Å²) in [6.07, 6.45) is 0.332. The topological polar surface area (TPSA) is 30.5 Å². The monoisotopic (exact) mass is 279 g/mol. The smallest absolute Gasteiger partial charge is 0.0953 e. The van der Waals surface area contributed by atoms with Crippen LogP contribution < -0.4 is 5.32 Å². The Morgan fingerprint density at radius 1 is 1.00 bits per heavy atom. The third kappa shape index (κ3) is 6.51. The van der Waals surface area contributed by atoms with Crippen molar-refractivity contribution in [1.82, 2.24) is 5.32 Å². The van der Waals surface area contributed by atoms with E-state index in [9.17, 15) is 0 Å². The SMILES string of the molecule is Cc1ccccc1C(CNC(C)C)OCCOC(C)C. The Morgan fingerprint density at radius 2 is 1.65 bits per heavy atom. The van der Waals surface area contributed by atoms with E-state index in [-0.39, 0.29) is 12.2 Å². The molecule has 114 valence electrons. The van der Waals surface area contributed by atoms with Gasteiger partial charge in [0.05, 0.1) is 25.4 Å². The number of rotatable bonds is 9. The van der Waals surface area contributed by atoms with Gasteiger partial charge in [0.1, 0.15) is 0 Å². The fraction of sp³-hybridized carbons (Fsp3) is 0.647. The molecule has 1 N–H and O–H groups in total. The Labute approximate surface area is 123 Å². The van der Waals surface area contributed by atoms with Crippen molar-refractivity contribution in [2.45, 2.75) is 52.9 Å². The lowest BCUT2D eigenvalue weighted by Gasteiger charge is -2.22. The minimum atomic E-state index is 0.0781. The summed E-state index contributed by atoms with van der Waals surface area (Å²) in [4.78, 5) is 0. The molecule has 0 aliphatic heterocycles. The van der Waals surface area contributed by atoms with Gasteiger partial charge < -0.3 is 14.8 Å². The zero-order chi connectivity index (χ0) is 15.0. The van der Waals surface area contributed by atoms with E-state index >= 15 is 0 Å². The van der Waals surface area contributed by atoms with Gasteiger partial charge in [-0.2, -0.15) is 0 Å². The summed E-state index contributed by atoms with van der Waals surface area (Å²) in [5.74, 6) is 0. The van der Waals surface area contributed by atoms with E-state index < -0.39 is 0 Å². The number of nitrogens with one attached hydrogen (secondary N) is 1.